The van der Waals surface area contributed by atoms with Crippen molar-refractivity contribution in [2.75, 3.05) is 26.2 Å². The summed E-state index contributed by atoms with van der Waals surface area (Å²) < 4.78 is 5.81. The van der Waals surface area contributed by atoms with E-state index in [-0.39, 0.29) is 5.54 Å². The molecule has 120 valence electrons. The van der Waals surface area contributed by atoms with E-state index in [4.69, 9.17) is 4.74 Å². The Bertz CT molecular complexity index is 423. The molecule has 0 radical (unpaired) electrons. The third-order valence-electron chi connectivity index (χ3n) is 3.36. The van der Waals surface area contributed by atoms with Crippen LogP contribution >= 0.6 is 0 Å². The molecule has 1 aromatic rings. The van der Waals surface area contributed by atoms with E-state index in [9.17, 15) is 0 Å². The molecule has 1 rings (SSSR count). The lowest BCUT2D eigenvalue weighted by Crippen LogP contribution is -2.35. The Kier molecular flexibility index (Phi) is 7.12. The fraction of sp³-hybridized carbons (Fsp3) is 0.706. The first-order chi connectivity index (χ1) is 9.84. The van der Waals surface area contributed by atoms with Crippen molar-refractivity contribution in [2.45, 2.75) is 53.6 Å². The van der Waals surface area contributed by atoms with Gasteiger partial charge >= 0.3 is 0 Å². The smallest absolute Gasteiger partial charge is 0.213 e. The highest BCUT2D eigenvalue weighted by Gasteiger charge is 2.09. The van der Waals surface area contributed by atoms with E-state index >= 15 is 0 Å². The molecule has 0 bridgehead atoms. The van der Waals surface area contributed by atoms with E-state index in [0.29, 0.717) is 6.61 Å². The van der Waals surface area contributed by atoms with Crippen LogP contribution in [-0.4, -0.2) is 41.7 Å². The topological polar surface area (TPSA) is 37.4 Å². The number of nitrogens with one attached hydrogen (secondary N) is 1. The van der Waals surface area contributed by atoms with E-state index in [1.165, 1.54) is 5.56 Å². The highest BCUT2D eigenvalue weighted by Crippen LogP contribution is 2.13. The van der Waals surface area contributed by atoms with Crippen molar-refractivity contribution in [3.63, 3.8) is 0 Å². The molecule has 0 aliphatic heterocycles. The normalized spacial score (nSPS) is 12.0. The standard InChI is InChI=1S/C17H31N3O/c1-7-20(8-2)9-10-21-16-12-15(11-14(3)19-16)13-18-17(4,5)6/h11-12,18H,7-10,13H2,1-6H3. The molecule has 1 heterocycles. The maximum Gasteiger partial charge on any atom is 0.213 e. The van der Waals surface area contributed by atoms with Crippen LogP contribution in [-0.2, 0) is 6.54 Å². The Hall–Kier alpha value is -1.13. The molecule has 0 spiro atoms. The first kappa shape index (κ1) is 17.9. The lowest BCUT2D eigenvalue weighted by atomic mass is 10.1. The van der Waals surface area contributed by atoms with Crippen LogP contribution in [0.5, 0.6) is 5.88 Å². The number of ether oxygens (including phenoxy) is 1. The van der Waals surface area contributed by atoms with Gasteiger partial charge in [-0.2, -0.15) is 0 Å². The van der Waals surface area contributed by atoms with E-state index < -0.39 is 0 Å². The van der Waals surface area contributed by atoms with Crippen molar-refractivity contribution in [1.29, 1.82) is 0 Å². The summed E-state index contributed by atoms with van der Waals surface area (Å²) in [6.45, 7) is 17.4. The van der Waals surface area contributed by atoms with Crippen LogP contribution in [0.4, 0.5) is 0 Å². The Labute approximate surface area is 129 Å². The number of aryl methyl sites for hydroxylation is 1. The Morgan fingerprint density at radius 2 is 1.86 bits per heavy atom. The lowest BCUT2D eigenvalue weighted by molar-refractivity contribution is 0.217. The number of pyridine rings is 1. The van der Waals surface area contributed by atoms with Crippen LogP contribution in [0.25, 0.3) is 0 Å². The van der Waals surface area contributed by atoms with Gasteiger partial charge in [-0.3, -0.25) is 0 Å². The highest BCUT2D eigenvalue weighted by atomic mass is 16.5. The number of hydrogen-bond donors (Lipinski definition) is 1. The number of aromatic nitrogens is 1. The average Bonchev–Trinajstić information content (AvgIpc) is 2.40. The third-order valence-corrected chi connectivity index (χ3v) is 3.36. The minimum absolute atomic E-state index is 0.112. The Morgan fingerprint density at radius 3 is 2.43 bits per heavy atom. The summed E-state index contributed by atoms with van der Waals surface area (Å²) in [7, 11) is 0. The van der Waals surface area contributed by atoms with Gasteiger partial charge in [0.2, 0.25) is 5.88 Å². The van der Waals surface area contributed by atoms with Gasteiger partial charge in [0.05, 0.1) is 0 Å². The Morgan fingerprint density at radius 1 is 1.19 bits per heavy atom. The van der Waals surface area contributed by atoms with Crippen molar-refractivity contribution in [3.05, 3.63) is 23.4 Å². The van der Waals surface area contributed by atoms with Crippen LogP contribution in [0.2, 0.25) is 0 Å². The SMILES string of the molecule is CCN(CC)CCOc1cc(CNC(C)(C)C)cc(C)n1. The largest absolute Gasteiger partial charge is 0.476 e. The first-order valence-corrected chi connectivity index (χ1v) is 7.91. The molecule has 0 fully saturated rings. The summed E-state index contributed by atoms with van der Waals surface area (Å²) in [5.41, 5.74) is 2.33. The molecule has 0 aromatic carbocycles. The molecule has 0 unspecified atom stereocenters. The van der Waals surface area contributed by atoms with Gasteiger partial charge in [0, 0.05) is 30.4 Å². The van der Waals surface area contributed by atoms with E-state index in [1.54, 1.807) is 0 Å². The minimum atomic E-state index is 0.112. The van der Waals surface area contributed by atoms with Gasteiger partial charge in [0.15, 0.2) is 0 Å². The fourth-order valence-corrected chi connectivity index (χ4v) is 2.07. The van der Waals surface area contributed by atoms with Gasteiger partial charge in [0.1, 0.15) is 6.61 Å². The second-order valence-electron chi connectivity index (χ2n) is 6.43. The van der Waals surface area contributed by atoms with Gasteiger partial charge in [-0.1, -0.05) is 13.8 Å². The molecule has 4 nitrogen and oxygen atoms in total. The van der Waals surface area contributed by atoms with Crippen LogP contribution in [0, 0.1) is 6.92 Å². The molecule has 0 saturated heterocycles. The van der Waals surface area contributed by atoms with Crippen molar-refractivity contribution in [2.24, 2.45) is 0 Å². The Balaban J connectivity index is 2.56. The summed E-state index contributed by atoms with van der Waals surface area (Å²) in [5.74, 6) is 0.730. The maximum absolute atomic E-state index is 5.81. The molecule has 1 aromatic heterocycles. The quantitative estimate of drug-likeness (QED) is 0.799. The molecule has 0 atom stereocenters. The highest BCUT2D eigenvalue weighted by molar-refractivity contribution is 5.24. The molecular formula is C17H31N3O. The van der Waals surface area contributed by atoms with Crippen molar-refractivity contribution >= 4 is 0 Å². The second kappa shape index (κ2) is 8.35. The predicted octanol–water partition coefficient (Wildman–Crippen LogP) is 3.00. The van der Waals surface area contributed by atoms with E-state index in [2.05, 4.69) is 55.9 Å². The minimum Gasteiger partial charge on any atom is -0.476 e. The van der Waals surface area contributed by atoms with Gasteiger partial charge in [-0.05, 0) is 52.4 Å². The van der Waals surface area contributed by atoms with Gasteiger partial charge in [-0.15, -0.1) is 0 Å². The number of hydrogen-bond acceptors (Lipinski definition) is 4. The molecule has 1 N–H and O–H groups in total. The number of likely N-dealkylation sites (N-methyl/N-ethyl adjacent to an activating group) is 1. The van der Waals surface area contributed by atoms with Gasteiger partial charge in [0.25, 0.3) is 0 Å². The zero-order chi connectivity index (χ0) is 15.9. The molecule has 0 amide bonds. The zero-order valence-electron chi connectivity index (χ0n) is 14.5. The lowest BCUT2D eigenvalue weighted by Gasteiger charge is -2.21. The molecule has 0 aliphatic rings. The van der Waals surface area contributed by atoms with Crippen LogP contribution in [0.15, 0.2) is 12.1 Å². The predicted molar refractivity (Wildman–Crippen MR) is 88.8 cm³/mol. The number of rotatable bonds is 8. The summed E-state index contributed by atoms with van der Waals surface area (Å²) >= 11 is 0. The second-order valence-corrected chi connectivity index (χ2v) is 6.43. The molecule has 4 heteroatoms. The molecule has 21 heavy (non-hydrogen) atoms. The number of nitrogens with zero attached hydrogens (tertiary/aromatic N) is 2. The summed E-state index contributed by atoms with van der Waals surface area (Å²) in [4.78, 5) is 6.80. The van der Waals surface area contributed by atoms with Crippen molar-refractivity contribution < 1.29 is 4.74 Å². The van der Waals surface area contributed by atoms with Crippen LogP contribution in [0.3, 0.4) is 0 Å². The van der Waals surface area contributed by atoms with E-state index in [1.807, 2.05) is 13.0 Å². The fourth-order valence-electron chi connectivity index (χ4n) is 2.07. The molecule has 0 saturated carbocycles. The van der Waals surface area contributed by atoms with Crippen LogP contribution in [0.1, 0.15) is 45.9 Å². The van der Waals surface area contributed by atoms with Crippen LogP contribution < -0.4 is 10.1 Å². The molecule has 0 aliphatic carbocycles. The first-order valence-electron chi connectivity index (χ1n) is 7.91. The van der Waals surface area contributed by atoms with Crippen molar-refractivity contribution in [3.8, 4) is 5.88 Å². The molecular weight excluding hydrogens is 262 g/mol. The summed E-state index contributed by atoms with van der Waals surface area (Å²) in [6, 6.07) is 4.14. The van der Waals surface area contributed by atoms with Gasteiger partial charge < -0.3 is 15.0 Å². The van der Waals surface area contributed by atoms with Crippen molar-refractivity contribution in [1.82, 2.24) is 15.2 Å². The zero-order valence-corrected chi connectivity index (χ0v) is 14.5. The third kappa shape index (κ3) is 7.44. The van der Waals surface area contributed by atoms with E-state index in [0.717, 1.165) is 37.8 Å². The monoisotopic (exact) mass is 293 g/mol. The van der Waals surface area contributed by atoms with Gasteiger partial charge in [-0.25, -0.2) is 4.98 Å². The summed E-state index contributed by atoms with van der Waals surface area (Å²) in [5, 5.41) is 3.49. The maximum atomic E-state index is 5.81. The summed E-state index contributed by atoms with van der Waals surface area (Å²) in [6.07, 6.45) is 0. The average molecular weight is 293 g/mol.